The number of rotatable bonds is 6. The number of nitrogens with one attached hydrogen (secondary N) is 1. The average molecular weight is 286 g/mol. The minimum Gasteiger partial charge on any atom is -0.497 e. The fraction of sp³-hybridized carbons (Fsp3) is 0.188. The van der Waals surface area contributed by atoms with Gasteiger partial charge in [0.15, 0.2) is 0 Å². The van der Waals surface area contributed by atoms with Crippen molar-refractivity contribution < 1.29 is 14.2 Å². The predicted molar refractivity (Wildman–Crippen MR) is 81.3 cm³/mol. The van der Waals surface area contributed by atoms with E-state index in [0.29, 0.717) is 17.9 Å². The predicted octanol–water partition coefficient (Wildman–Crippen LogP) is 2.57. The molecule has 0 saturated carbocycles. The molecule has 21 heavy (non-hydrogen) atoms. The van der Waals surface area contributed by atoms with E-state index in [1.54, 1.807) is 26.4 Å². The Morgan fingerprint density at radius 1 is 1.00 bits per heavy atom. The molecule has 0 aromatic heterocycles. The van der Waals surface area contributed by atoms with Crippen molar-refractivity contribution in [3.05, 3.63) is 53.6 Å². The number of nitrogens with two attached hydrogens (primary N) is 1. The van der Waals surface area contributed by atoms with Gasteiger partial charge in [-0.05, 0) is 42.0 Å². The summed E-state index contributed by atoms with van der Waals surface area (Å²) >= 11 is 0. The van der Waals surface area contributed by atoms with Gasteiger partial charge in [0.25, 0.3) is 0 Å². The lowest BCUT2D eigenvalue weighted by Crippen LogP contribution is -2.13. The van der Waals surface area contributed by atoms with Crippen molar-refractivity contribution in [3.8, 4) is 17.2 Å². The van der Waals surface area contributed by atoms with Gasteiger partial charge >= 0.3 is 0 Å². The summed E-state index contributed by atoms with van der Waals surface area (Å²) in [6.45, 7) is 0.386. The maximum atomic E-state index is 7.56. The van der Waals surface area contributed by atoms with Gasteiger partial charge in [-0.25, -0.2) is 0 Å². The number of hydrogen-bond donors (Lipinski definition) is 2. The standard InChI is InChI=1S/C16H18N2O3/c1-19-12-4-6-13(7-5-12)21-10-11-3-8-15(20-2)14(9-11)16(17)18/h3-9H,10H2,1-2H3,(H3,17,18). The van der Waals surface area contributed by atoms with Gasteiger partial charge in [0.05, 0.1) is 19.8 Å². The normalized spacial score (nSPS) is 10.0. The lowest BCUT2D eigenvalue weighted by molar-refractivity contribution is 0.305. The lowest BCUT2D eigenvalue weighted by Gasteiger charge is -2.11. The minimum absolute atomic E-state index is 0.0295. The monoisotopic (exact) mass is 286 g/mol. The Balaban J connectivity index is 2.08. The molecule has 110 valence electrons. The molecule has 2 aromatic rings. The summed E-state index contributed by atoms with van der Waals surface area (Å²) in [5.74, 6) is 2.08. The number of amidine groups is 1. The van der Waals surface area contributed by atoms with Crippen LogP contribution in [0.1, 0.15) is 11.1 Å². The van der Waals surface area contributed by atoms with Gasteiger partial charge in [-0.3, -0.25) is 5.41 Å². The van der Waals surface area contributed by atoms with E-state index >= 15 is 0 Å². The second-order valence-corrected chi connectivity index (χ2v) is 4.41. The Labute approximate surface area is 123 Å². The maximum absolute atomic E-state index is 7.56. The first-order chi connectivity index (χ1) is 10.1. The number of nitrogen functional groups attached to an aromatic ring is 1. The van der Waals surface area contributed by atoms with E-state index in [0.717, 1.165) is 17.1 Å². The molecule has 0 aliphatic heterocycles. The molecule has 2 aromatic carbocycles. The molecular formula is C16H18N2O3. The second kappa shape index (κ2) is 6.65. The zero-order valence-corrected chi connectivity index (χ0v) is 12.1. The third kappa shape index (κ3) is 3.66. The van der Waals surface area contributed by atoms with E-state index in [2.05, 4.69) is 0 Å². The molecule has 5 heteroatoms. The van der Waals surface area contributed by atoms with Crippen LogP contribution in [0.25, 0.3) is 0 Å². The summed E-state index contributed by atoms with van der Waals surface area (Å²) in [7, 11) is 3.17. The van der Waals surface area contributed by atoms with Crippen molar-refractivity contribution in [2.75, 3.05) is 14.2 Å². The smallest absolute Gasteiger partial charge is 0.129 e. The summed E-state index contributed by atoms with van der Waals surface area (Å²) < 4.78 is 16.0. The van der Waals surface area contributed by atoms with E-state index in [4.69, 9.17) is 25.4 Å². The van der Waals surface area contributed by atoms with Crippen LogP contribution in [-0.2, 0) is 6.61 Å². The fourth-order valence-corrected chi connectivity index (χ4v) is 1.89. The van der Waals surface area contributed by atoms with Crippen LogP contribution in [0.4, 0.5) is 0 Å². The second-order valence-electron chi connectivity index (χ2n) is 4.41. The molecule has 0 aliphatic rings. The van der Waals surface area contributed by atoms with Gasteiger partial charge in [0.1, 0.15) is 29.7 Å². The van der Waals surface area contributed by atoms with Gasteiger partial charge in [-0.2, -0.15) is 0 Å². The van der Waals surface area contributed by atoms with Crippen LogP contribution in [0.5, 0.6) is 17.2 Å². The topological polar surface area (TPSA) is 77.6 Å². The van der Waals surface area contributed by atoms with Crippen LogP contribution in [0.2, 0.25) is 0 Å². The minimum atomic E-state index is -0.0295. The molecule has 0 atom stereocenters. The quantitative estimate of drug-likeness (QED) is 0.632. The summed E-state index contributed by atoms with van der Waals surface area (Å²) in [4.78, 5) is 0. The average Bonchev–Trinajstić information content (AvgIpc) is 2.53. The lowest BCUT2D eigenvalue weighted by atomic mass is 10.1. The Hall–Kier alpha value is -2.69. The van der Waals surface area contributed by atoms with Crippen molar-refractivity contribution in [2.45, 2.75) is 6.61 Å². The Morgan fingerprint density at radius 3 is 2.24 bits per heavy atom. The van der Waals surface area contributed by atoms with Crippen LogP contribution in [0.3, 0.4) is 0 Å². The highest BCUT2D eigenvalue weighted by molar-refractivity contribution is 5.97. The van der Waals surface area contributed by atoms with Crippen molar-refractivity contribution in [2.24, 2.45) is 5.73 Å². The van der Waals surface area contributed by atoms with Gasteiger partial charge < -0.3 is 19.9 Å². The Kier molecular flexibility index (Phi) is 4.66. The van der Waals surface area contributed by atoms with Crippen molar-refractivity contribution >= 4 is 5.84 Å². The summed E-state index contributed by atoms with van der Waals surface area (Å²) in [5, 5.41) is 7.56. The van der Waals surface area contributed by atoms with E-state index in [-0.39, 0.29) is 5.84 Å². The first kappa shape index (κ1) is 14.7. The maximum Gasteiger partial charge on any atom is 0.129 e. The Bertz CT molecular complexity index is 624. The molecular weight excluding hydrogens is 268 g/mol. The van der Waals surface area contributed by atoms with E-state index in [1.807, 2.05) is 30.3 Å². The Morgan fingerprint density at radius 2 is 1.67 bits per heavy atom. The molecule has 0 spiro atoms. The van der Waals surface area contributed by atoms with Crippen LogP contribution in [0, 0.1) is 5.41 Å². The number of methoxy groups -OCH3 is 2. The first-order valence-electron chi connectivity index (χ1n) is 6.42. The number of hydrogen-bond acceptors (Lipinski definition) is 4. The van der Waals surface area contributed by atoms with Crippen LogP contribution >= 0.6 is 0 Å². The molecule has 0 heterocycles. The highest BCUT2D eigenvalue weighted by Crippen LogP contribution is 2.22. The summed E-state index contributed by atoms with van der Waals surface area (Å²) in [6, 6.07) is 12.8. The van der Waals surface area contributed by atoms with Gasteiger partial charge in [0.2, 0.25) is 0 Å². The van der Waals surface area contributed by atoms with Crippen LogP contribution < -0.4 is 19.9 Å². The largest absolute Gasteiger partial charge is 0.497 e. The van der Waals surface area contributed by atoms with Gasteiger partial charge in [0, 0.05) is 0 Å². The molecule has 0 saturated heterocycles. The zero-order chi connectivity index (χ0) is 15.2. The van der Waals surface area contributed by atoms with Gasteiger partial charge in [-0.15, -0.1) is 0 Å². The van der Waals surface area contributed by atoms with E-state index in [1.165, 1.54) is 0 Å². The van der Waals surface area contributed by atoms with Gasteiger partial charge in [-0.1, -0.05) is 6.07 Å². The van der Waals surface area contributed by atoms with Crippen molar-refractivity contribution in [1.29, 1.82) is 5.41 Å². The van der Waals surface area contributed by atoms with E-state index in [9.17, 15) is 0 Å². The highest BCUT2D eigenvalue weighted by atomic mass is 16.5. The van der Waals surface area contributed by atoms with Crippen molar-refractivity contribution in [1.82, 2.24) is 0 Å². The first-order valence-corrected chi connectivity index (χ1v) is 6.42. The molecule has 0 bridgehead atoms. The van der Waals surface area contributed by atoms with Crippen molar-refractivity contribution in [3.63, 3.8) is 0 Å². The molecule has 3 N–H and O–H groups in total. The SMILES string of the molecule is COc1ccc(OCc2ccc(OC)c(C(=N)N)c2)cc1. The zero-order valence-electron chi connectivity index (χ0n) is 12.1. The number of benzene rings is 2. The molecule has 0 fully saturated rings. The molecule has 0 amide bonds. The third-order valence-electron chi connectivity index (χ3n) is 3.02. The molecule has 5 nitrogen and oxygen atoms in total. The highest BCUT2D eigenvalue weighted by Gasteiger charge is 2.07. The van der Waals surface area contributed by atoms with Crippen LogP contribution in [0.15, 0.2) is 42.5 Å². The summed E-state index contributed by atoms with van der Waals surface area (Å²) in [5.41, 5.74) is 7.02. The van der Waals surface area contributed by atoms with E-state index < -0.39 is 0 Å². The molecule has 0 unspecified atom stereocenters. The molecule has 0 radical (unpaired) electrons. The van der Waals surface area contributed by atoms with Crippen LogP contribution in [-0.4, -0.2) is 20.1 Å². The third-order valence-corrected chi connectivity index (χ3v) is 3.02. The molecule has 0 aliphatic carbocycles. The fourth-order valence-electron chi connectivity index (χ4n) is 1.89. The summed E-state index contributed by atoms with van der Waals surface area (Å²) in [6.07, 6.45) is 0. The molecule has 2 rings (SSSR count). The number of ether oxygens (including phenoxy) is 3.